The van der Waals surface area contributed by atoms with Gasteiger partial charge in [-0.05, 0) is 12.5 Å². The maximum Gasteiger partial charge on any atom is 0.355 e. The molecule has 0 saturated heterocycles. The van der Waals surface area contributed by atoms with Gasteiger partial charge in [-0.3, -0.25) is 0 Å². The van der Waals surface area contributed by atoms with E-state index in [1.807, 2.05) is 13.0 Å². The smallest absolute Gasteiger partial charge is 0.355 e. The molecule has 0 spiro atoms. The average molecular weight is 252 g/mol. The summed E-state index contributed by atoms with van der Waals surface area (Å²) in [6.07, 6.45) is 1.12. The summed E-state index contributed by atoms with van der Waals surface area (Å²) in [5.74, 6) is -0.682. The van der Waals surface area contributed by atoms with E-state index in [9.17, 15) is 4.79 Å². The zero-order valence-corrected chi connectivity index (χ0v) is 10.1. The lowest BCUT2D eigenvalue weighted by Gasteiger charge is -2.00. The maximum atomic E-state index is 11.1. The Labute approximate surface area is 102 Å². The SMILES string of the molecule is CCc1cc2c(C(=O)O)nc(CCO)nc2s1. The molecule has 0 aliphatic rings. The Bertz CT molecular complexity index is 565. The molecule has 2 rings (SSSR count). The van der Waals surface area contributed by atoms with Crippen molar-refractivity contribution in [2.75, 3.05) is 6.61 Å². The van der Waals surface area contributed by atoms with Crippen LogP contribution in [0.4, 0.5) is 0 Å². The van der Waals surface area contributed by atoms with Crippen molar-refractivity contribution >= 4 is 27.5 Å². The first-order valence-electron chi connectivity index (χ1n) is 5.29. The lowest BCUT2D eigenvalue weighted by atomic mass is 10.2. The third-order valence-electron chi connectivity index (χ3n) is 2.38. The van der Waals surface area contributed by atoms with E-state index in [4.69, 9.17) is 10.2 Å². The van der Waals surface area contributed by atoms with Crippen molar-refractivity contribution in [2.45, 2.75) is 19.8 Å². The van der Waals surface area contributed by atoms with Gasteiger partial charge in [-0.15, -0.1) is 11.3 Å². The number of aliphatic hydroxyl groups excluding tert-OH is 1. The number of hydrogen-bond acceptors (Lipinski definition) is 5. The van der Waals surface area contributed by atoms with Gasteiger partial charge in [-0.25, -0.2) is 14.8 Å². The van der Waals surface area contributed by atoms with Gasteiger partial charge in [0.1, 0.15) is 10.7 Å². The molecule has 0 unspecified atom stereocenters. The maximum absolute atomic E-state index is 11.1. The van der Waals surface area contributed by atoms with E-state index in [0.717, 1.165) is 11.3 Å². The molecule has 2 heterocycles. The van der Waals surface area contributed by atoms with Crippen molar-refractivity contribution < 1.29 is 15.0 Å². The van der Waals surface area contributed by atoms with Gasteiger partial charge >= 0.3 is 5.97 Å². The number of aromatic carboxylic acids is 1. The number of aliphatic hydroxyl groups is 1. The van der Waals surface area contributed by atoms with Crippen LogP contribution in [0, 0.1) is 0 Å². The minimum absolute atomic E-state index is 0.0226. The van der Waals surface area contributed by atoms with Gasteiger partial charge in [0.2, 0.25) is 0 Å². The van der Waals surface area contributed by atoms with Crippen molar-refractivity contribution in [3.8, 4) is 0 Å². The number of rotatable bonds is 4. The predicted octanol–water partition coefficient (Wildman–Crippen LogP) is 1.49. The molecule has 6 heteroatoms. The van der Waals surface area contributed by atoms with Gasteiger partial charge in [0, 0.05) is 16.7 Å². The molecule has 5 nitrogen and oxygen atoms in total. The molecular weight excluding hydrogens is 240 g/mol. The summed E-state index contributed by atoms with van der Waals surface area (Å²) in [5, 5.41) is 18.5. The van der Waals surface area contributed by atoms with Crippen LogP contribution in [0.15, 0.2) is 6.07 Å². The molecule has 2 aromatic heterocycles. The Morgan fingerprint density at radius 3 is 2.82 bits per heavy atom. The molecule has 0 aliphatic heterocycles. The topological polar surface area (TPSA) is 83.3 Å². The Morgan fingerprint density at radius 2 is 2.24 bits per heavy atom. The summed E-state index contributed by atoms with van der Waals surface area (Å²) >= 11 is 1.47. The van der Waals surface area contributed by atoms with Crippen LogP contribution in [-0.4, -0.2) is 32.8 Å². The standard InChI is InChI=1S/C11H12N2O3S/c1-2-6-5-7-9(11(15)16)12-8(3-4-14)13-10(7)17-6/h5,14H,2-4H2,1H3,(H,15,16). The monoisotopic (exact) mass is 252 g/mol. The number of nitrogens with zero attached hydrogens (tertiary/aromatic N) is 2. The fourth-order valence-electron chi connectivity index (χ4n) is 1.56. The minimum atomic E-state index is -1.06. The van der Waals surface area contributed by atoms with Gasteiger partial charge < -0.3 is 10.2 Å². The highest BCUT2D eigenvalue weighted by Gasteiger charge is 2.16. The molecule has 0 fully saturated rings. The Hall–Kier alpha value is -1.53. The van der Waals surface area contributed by atoms with E-state index in [0.29, 0.717) is 16.0 Å². The first-order valence-corrected chi connectivity index (χ1v) is 6.10. The van der Waals surface area contributed by atoms with Crippen molar-refractivity contribution in [1.82, 2.24) is 9.97 Å². The van der Waals surface area contributed by atoms with E-state index in [-0.39, 0.29) is 18.7 Å². The van der Waals surface area contributed by atoms with Crippen LogP contribution in [0.3, 0.4) is 0 Å². The van der Waals surface area contributed by atoms with Crippen LogP contribution in [0.2, 0.25) is 0 Å². The fourth-order valence-corrected chi connectivity index (χ4v) is 2.55. The molecule has 0 radical (unpaired) electrons. The highest BCUT2D eigenvalue weighted by Crippen LogP contribution is 2.26. The number of aryl methyl sites for hydroxylation is 1. The number of carboxylic acids is 1. The molecular formula is C11H12N2O3S. The summed E-state index contributed by atoms with van der Waals surface area (Å²) in [7, 11) is 0. The molecule has 0 aliphatic carbocycles. The average Bonchev–Trinajstić information content (AvgIpc) is 2.71. The van der Waals surface area contributed by atoms with E-state index in [1.165, 1.54) is 11.3 Å². The zero-order chi connectivity index (χ0) is 12.4. The van der Waals surface area contributed by atoms with Crippen LogP contribution in [0.25, 0.3) is 10.2 Å². The number of carboxylic acid groups (broad SMARTS) is 1. The first-order chi connectivity index (χ1) is 8.15. The predicted molar refractivity (Wildman–Crippen MR) is 64.5 cm³/mol. The fraction of sp³-hybridized carbons (Fsp3) is 0.364. The summed E-state index contributed by atoms with van der Waals surface area (Å²) in [6.45, 7) is 1.92. The quantitative estimate of drug-likeness (QED) is 0.861. The number of aromatic nitrogens is 2. The molecule has 17 heavy (non-hydrogen) atoms. The van der Waals surface area contributed by atoms with E-state index in [1.54, 1.807) is 0 Å². The molecule has 2 N–H and O–H groups in total. The summed E-state index contributed by atoms with van der Waals surface area (Å²) in [5.41, 5.74) is 0.0226. The lowest BCUT2D eigenvalue weighted by molar-refractivity contribution is 0.0692. The number of thiophene rings is 1. The Kier molecular flexibility index (Phi) is 3.35. The van der Waals surface area contributed by atoms with Crippen LogP contribution in [0.5, 0.6) is 0 Å². The van der Waals surface area contributed by atoms with Crippen molar-refractivity contribution in [2.24, 2.45) is 0 Å². The number of carbonyl (C=O) groups is 1. The Balaban J connectivity index is 2.65. The Morgan fingerprint density at radius 1 is 1.47 bits per heavy atom. The van der Waals surface area contributed by atoms with Crippen molar-refractivity contribution in [3.63, 3.8) is 0 Å². The molecule has 2 aromatic rings. The summed E-state index contributed by atoms with van der Waals surface area (Å²) in [4.78, 5) is 21.1. The minimum Gasteiger partial charge on any atom is -0.476 e. The number of hydrogen-bond donors (Lipinski definition) is 2. The summed E-state index contributed by atoms with van der Waals surface area (Å²) < 4.78 is 0. The van der Waals surface area contributed by atoms with Gasteiger partial charge in [-0.1, -0.05) is 6.92 Å². The van der Waals surface area contributed by atoms with Gasteiger partial charge in [-0.2, -0.15) is 0 Å². The van der Waals surface area contributed by atoms with Gasteiger partial charge in [0.15, 0.2) is 5.69 Å². The van der Waals surface area contributed by atoms with Crippen LogP contribution >= 0.6 is 11.3 Å². The summed E-state index contributed by atoms with van der Waals surface area (Å²) in [6, 6.07) is 1.83. The number of fused-ring (bicyclic) bond motifs is 1. The van der Waals surface area contributed by atoms with Crippen molar-refractivity contribution in [1.29, 1.82) is 0 Å². The van der Waals surface area contributed by atoms with E-state index >= 15 is 0 Å². The van der Waals surface area contributed by atoms with Crippen LogP contribution in [0.1, 0.15) is 28.1 Å². The molecule has 90 valence electrons. The highest BCUT2D eigenvalue weighted by atomic mass is 32.1. The second-order valence-corrected chi connectivity index (χ2v) is 4.67. The van der Waals surface area contributed by atoms with Crippen LogP contribution in [-0.2, 0) is 12.8 Å². The zero-order valence-electron chi connectivity index (χ0n) is 9.30. The molecule has 0 saturated carbocycles. The van der Waals surface area contributed by atoms with Crippen LogP contribution < -0.4 is 0 Å². The molecule has 0 aromatic carbocycles. The second kappa shape index (κ2) is 4.77. The van der Waals surface area contributed by atoms with E-state index < -0.39 is 5.97 Å². The lowest BCUT2D eigenvalue weighted by Crippen LogP contribution is -2.07. The third-order valence-corrected chi connectivity index (χ3v) is 3.55. The molecule has 0 bridgehead atoms. The highest BCUT2D eigenvalue weighted by molar-refractivity contribution is 7.18. The normalized spacial score (nSPS) is 10.9. The second-order valence-electron chi connectivity index (χ2n) is 3.55. The molecule has 0 atom stereocenters. The van der Waals surface area contributed by atoms with Gasteiger partial charge in [0.25, 0.3) is 0 Å². The van der Waals surface area contributed by atoms with E-state index in [2.05, 4.69) is 9.97 Å². The molecule has 0 amide bonds. The third kappa shape index (κ3) is 2.27. The van der Waals surface area contributed by atoms with Crippen molar-refractivity contribution in [3.05, 3.63) is 22.5 Å². The first kappa shape index (κ1) is 11.9. The largest absolute Gasteiger partial charge is 0.476 e. The van der Waals surface area contributed by atoms with Gasteiger partial charge in [0.05, 0.1) is 6.61 Å².